The van der Waals surface area contributed by atoms with Crippen molar-refractivity contribution in [2.75, 3.05) is 14.2 Å². The van der Waals surface area contributed by atoms with Crippen LogP contribution < -0.4 is 9.47 Å². The molecule has 0 bridgehead atoms. The van der Waals surface area contributed by atoms with E-state index in [2.05, 4.69) is 11.1 Å². The number of hydrogen-bond acceptors (Lipinski definition) is 7. The number of methoxy groups -OCH3 is 1. The Morgan fingerprint density at radius 1 is 1.18 bits per heavy atom. The van der Waals surface area contributed by atoms with Crippen molar-refractivity contribution in [3.8, 4) is 17.7 Å². The summed E-state index contributed by atoms with van der Waals surface area (Å²) in [5.41, 5.74) is -1.92. The Morgan fingerprint density at radius 2 is 1.85 bits per heavy atom. The number of benzene rings is 2. The topological polar surface area (TPSA) is 98.8 Å². The number of aliphatic hydroxyl groups excluding tert-OH is 1. The highest BCUT2D eigenvalue weighted by Crippen LogP contribution is 2.71. The molecule has 0 radical (unpaired) electrons. The van der Waals surface area contributed by atoms with Crippen LogP contribution >= 0.6 is 11.6 Å². The molecule has 2 unspecified atom stereocenters. The van der Waals surface area contributed by atoms with Crippen LogP contribution in [0.15, 0.2) is 54.6 Å². The highest BCUT2D eigenvalue weighted by Gasteiger charge is 2.79. The van der Waals surface area contributed by atoms with Gasteiger partial charge in [-0.25, -0.2) is 13.8 Å². The maximum absolute atomic E-state index is 14.3. The molecule has 2 aliphatic heterocycles. The maximum Gasteiger partial charge on any atom is 0.268 e. The Balaban J connectivity index is 1.43. The van der Waals surface area contributed by atoms with Gasteiger partial charge in [0.15, 0.2) is 11.2 Å². The molecule has 206 valence electrons. The molecule has 2 aromatic carbocycles. The first-order valence-corrected chi connectivity index (χ1v) is 13.5. The summed E-state index contributed by atoms with van der Waals surface area (Å²) in [4.78, 5) is 5.98. The van der Waals surface area contributed by atoms with E-state index in [1.165, 1.54) is 13.2 Å². The number of aromatic nitrogens is 1. The van der Waals surface area contributed by atoms with Crippen molar-refractivity contribution in [2.24, 2.45) is 0 Å². The predicted octanol–water partition coefficient (Wildman–Crippen LogP) is 4.79. The van der Waals surface area contributed by atoms with E-state index in [1.807, 2.05) is 24.3 Å². The third-order valence-electron chi connectivity index (χ3n) is 9.68. The molecule has 2 aliphatic carbocycles. The van der Waals surface area contributed by atoms with Gasteiger partial charge in [-0.05, 0) is 48.7 Å². The molecule has 40 heavy (non-hydrogen) atoms. The summed E-state index contributed by atoms with van der Waals surface area (Å²) in [6.45, 7) is 0. The van der Waals surface area contributed by atoms with E-state index in [0.717, 1.165) is 11.1 Å². The summed E-state index contributed by atoms with van der Waals surface area (Å²) < 4.78 is 40.8. The number of aliphatic hydroxyl groups is 2. The third-order valence-corrected chi connectivity index (χ3v) is 9.87. The Hall–Kier alpha value is -3.29. The van der Waals surface area contributed by atoms with Crippen LogP contribution in [0.1, 0.15) is 59.0 Å². The van der Waals surface area contributed by atoms with Gasteiger partial charge >= 0.3 is 0 Å². The van der Waals surface area contributed by atoms with Gasteiger partial charge in [0.25, 0.3) is 5.92 Å². The quantitative estimate of drug-likeness (QED) is 0.439. The molecule has 3 fully saturated rings. The fraction of sp³-hybridized carbons (Fsp3) is 0.400. The van der Waals surface area contributed by atoms with Gasteiger partial charge in [0.1, 0.15) is 10.9 Å². The zero-order valence-corrected chi connectivity index (χ0v) is 22.5. The summed E-state index contributed by atoms with van der Waals surface area (Å²) in [7, 11) is 3.12. The van der Waals surface area contributed by atoms with E-state index >= 15 is 0 Å². The Morgan fingerprint density at radius 3 is 2.45 bits per heavy atom. The molecule has 4 aliphatic rings. The van der Waals surface area contributed by atoms with Crippen molar-refractivity contribution in [1.82, 2.24) is 9.88 Å². The Kier molecular flexibility index (Phi) is 5.22. The minimum atomic E-state index is -2.71. The number of fused-ring (bicyclic) bond motifs is 3. The molecule has 1 spiro atoms. The second kappa shape index (κ2) is 8.14. The molecule has 1 aromatic heterocycles. The number of rotatable bonds is 4. The molecule has 1 saturated heterocycles. The first-order valence-electron chi connectivity index (χ1n) is 13.1. The summed E-state index contributed by atoms with van der Waals surface area (Å²) in [6, 6.07) is 17.5. The molecule has 2 N–H and O–H groups in total. The van der Waals surface area contributed by atoms with Gasteiger partial charge < -0.3 is 19.7 Å². The number of nitriles is 1. The standard InChI is InChI=1S/C30H26ClF2N3O4/c1-36-21(13-27(36)15-28(27,32)33)19-6-4-3-5-18(19)20-11-23(37)29(38)25-22(12-24(31)35-26(25)39-2)40-30(20,29)17-9-7-16(14-34)8-10-17/h3-10,12,20-21,23,37-38H,11,13,15H2,1-2H3/t20-,21?,23+,27?,29+,30-/m0/s1. The van der Waals surface area contributed by atoms with Gasteiger partial charge in [0.05, 0.1) is 35.9 Å². The van der Waals surface area contributed by atoms with Crippen molar-refractivity contribution in [2.45, 2.75) is 60.0 Å². The second-order valence-corrected chi connectivity index (χ2v) is 11.7. The van der Waals surface area contributed by atoms with Crippen molar-refractivity contribution in [3.05, 3.63) is 87.6 Å². The molecular weight excluding hydrogens is 540 g/mol. The maximum atomic E-state index is 14.3. The summed E-state index contributed by atoms with van der Waals surface area (Å²) >= 11 is 6.28. The van der Waals surface area contributed by atoms with E-state index in [-0.39, 0.29) is 41.2 Å². The van der Waals surface area contributed by atoms with Gasteiger partial charge in [0, 0.05) is 24.4 Å². The molecule has 2 saturated carbocycles. The third kappa shape index (κ3) is 2.95. The van der Waals surface area contributed by atoms with Crippen LogP contribution in [0.4, 0.5) is 8.78 Å². The number of nitrogens with zero attached hydrogens (tertiary/aromatic N) is 3. The number of likely N-dealkylation sites (tertiary alicyclic amines) is 1. The van der Waals surface area contributed by atoms with Gasteiger partial charge in [0.2, 0.25) is 5.88 Å². The smallest absolute Gasteiger partial charge is 0.268 e. The normalized spacial score (nSPS) is 34.9. The van der Waals surface area contributed by atoms with Crippen molar-refractivity contribution in [3.63, 3.8) is 0 Å². The average molecular weight is 566 g/mol. The molecule has 10 heteroatoms. The lowest BCUT2D eigenvalue weighted by Gasteiger charge is -2.49. The Labute approximate surface area is 234 Å². The average Bonchev–Trinajstić information content (AvgIpc) is 3.35. The van der Waals surface area contributed by atoms with Crippen LogP contribution in [0.25, 0.3) is 0 Å². The van der Waals surface area contributed by atoms with Crippen LogP contribution in [-0.4, -0.2) is 51.8 Å². The molecule has 6 atom stereocenters. The minimum Gasteiger partial charge on any atom is -0.481 e. The van der Waals surface area contributed by atoms with Crippen molar-refractivity contribution >= 4 is 11.6 Å². The van der Waals surface area contributed by atoms with Gasteiger partial charge in [-0.1, -0.05) is 48.0 Å². The van der Waals surface area contributed by atoms with Crippen molar-refractivity contribution in [1.29, 1.82) is 5.26 Å². The molecule has 3 heterocycles. The first kappa shape index (κ1) is 25.7. The number of pyridine rings is 1. The SMILES string of the molecule is COc1nc(Cl)cc2c1[C@]1(O)[C@H](O)C[C@@H](c3ccccc3C3CC4(CC4(F)F)N3C)[C@]1(c1ccc(C#N)cc1)O2. The zero-order chi connectivity index (χ0) is 28.2. The first-order chi connectivity index (χ1) is 19.0. The largest absolute Gasteiger partial charge is 0.481 e. The number of halogens is 3. The minimum absolute atomic E-state index is 0.0325. The van der Waals surface area contributed by atoms with E-state index in [1.54, 1.807) is 36.2 Å². The number of alkyl halides is 2. The van der Waals surface area contributed by atoms with Crippen LogP contribution in [0.2, 0.25) is 5.15 Å². The fourth-order valence-electron chi connectivity index (χ4n) is 7.58. The van der Waals surface area contributed by atoms with Crippen LogP contribution in [-0.2, 0) is 11.2 Å². The van der Waals surface area contributed by atoms with Crippen LogP contribution in [0.5, 0.6) is 11.6 Å². The molecule has 7 rings (SSSR count). The Bertz CT molecular complexity index is 1600. The number of ether oxygens (including phenoxy) is 2. The van der Waals surface area contributed by atoms with E-state index in [0.29, 0.717) is 17.5 Å². The van der Waals surface area contributed by atoms with Gasteiger partial charge in [-0.3, -0.25) is 4.90 Å². The molecular formula is C30H26ClF2N3O4. The van der Waals surface area contributed by atoms with Gasteiger partial charge in [-0.15, -0.1) is 0 Å². The lowest BCUT2D eigenvalue weighted by molar-refractivity contribution is -0.150. The predicted molar refractivity (Wildman–Crippen MR) is 140 cm³/mol. The lowest BCUT2D eigenvalue weighted by Crippen LogP contribution is -2.54. The van der Waals surface area contributed by atoms with E-state index in [4.69, 9.17) is 21.1 Å². The monoisotopic (exact) mass is 565 g/mol. The molecule has 3 aromatic rings. The van der Waals surface area contributed by atoms with Crippen molar-refractivity contribution < 1.29 is 28.5 Å². The highest BCUT2D eigenvalue weighted by molar-refractivity contribution is 6.29. The van der Waals surface area contributed by atoms with E-state index < -0.39 is 34.7 Å². The molecule has 7 nitrogen and oxygen atoms in total. The van der Waals surface area contributed by atoms with Crippen LogP contribution in [0.3, 0.4) is 0 Å². The lowest BCUT2D eigenvalue weighted by atomic mass is 9.69. The highest BCUT2D eigenvalue weighted by atomic mass is 35.5. The van der Waals surface area contributed by atoms with Crippen LogP contribution in [0, 0.1) is 11.3 Å². The molecule has 0 amide bonds. The van der Waals surface area contributed by atoms with Gasteiger partial charge in [-0.2, -0.15) is 5.26 Å². The fourth-order valence-corrected chi connectivity index (χ4v) is 7.76. The second-order valence-electron chi connectivity index (χ2n) is 11.3. The summed E-state index contributed by atoms with van der Waals surface area (Å²) in [6.07, 6.45) is -1.04. The zero-order valence-electron chi connectivity index (χ0n) is 21.7. The van der Waals surface area contributed by atoms with E-state index in [9.17, 15) is 24.3 Å². The number of hydrogen-bond donors (Lipinski definition) is 2. The summed E-state index contributed by atoms with van der Waals surface area (Å²) in [5.74, 6) is -3.07. The summed E-state index contributed by atoms with van der Waals surface area (Å²) in [5, 5.41) is 33.8.